The molecular weight excluding hydrogens is 481 g/mol. The molecule has 0 saturated carbocycles. The van der Waals surface area contributed by atoms with Crippen LogP contribution in [0.15, 0.2) is 52.2 Å². The molecule has 1 aliphatic rings. The fourth-order valence-corrected chi connectivity index (χ4v) is 3.37. The molecule has 1 aliphatic heterocycles. The summed E-state index contributed by atoms with van der Waals surface area (Å²) in [5.41, 5.74) is -0.0123. The lowest BCUT2D eigenvalue weighted by Gasteiger charge is -2.33. The molecule has 1 unspecified atom stereocenters. The molecule has 0 bridgehead atoms. The quantitative estimate of drug-likeness (QED) is 0.300. The number of aliphatic hydroxyl groups is 1. The lowest BCUT2D eigenvalue weighted by molar-refractivity contribution is 0.0436. The van der Waals surface area contributed by atoms with Crippen molar-refractivity contribution in [3.8, 4) is 0 Å². The van der Waals surface area contributed by atoms with Gasteiger partial charge in [0.2, 0.25) is 0 Å². The Kier molecular flexibility index (Phi) is 9.38. The molecule has 7 nitrogen and oxygen atoms in total. The topological polar surface area (TPSA) is 85.9 Å². The standard InChI is InChI=1S/C21H31N5O2.HI/c1-3-22-20(24-16-21(2,27)19-8-6-14-28-19)25-17-9-12-26(13-10-17)15-18-7-4-5-11-23-18;/h4-8,11,14,17,27H,3,9-10,12-13,15-16H2,1-2H3,(H2,22,24,25);1H. The number of piperidine rings is 1. The molecule has 3 heterocycles. The highest BCUT2D eigenvalue weighted by molar-refractivity contribution is 14.0. The first-order chi connectivity index (χ1) is 13.6. The highest BCUT2D eigenvalue weighted by Gasteiger charge is 2.26. The molecule has 2 aromatic rings. The predicted octanol–water partition coefficient (Wildman–Crippen LogP) is 2.72. The van der Waals surface area contributed by atoms with Crippen LogP contribution in [0, 0.1) is 0 Å². The van der Waals surface area contributed by atoms with Gasteiger partial charge in [0.05, 0.1) is 18.5 Å². The van der Waals surface area contributed by atoms with Gasteiger partial charge < -0.3 is 20.2 Å². The molecule has 1 atom stereocenters. The van der Waals surface area contributed by atoms with Crippen LogP contribution in [0.1, 0.15) is 38.1 Å². The summed E-state index contributed by atoms with van der Waals surface area (Å²) in [5.74, 6) is 1.26. The first-order valence-electron chi connectivity index (χ1n) is 10.0. The van der Waals surface area contributed by atoms with E-state index in [1.54, 1.807) is 25.3 Å². The zero-order chi connectivity index (χ0) is 19.8. The second kappa shape index (κ2) is 11.5. The van der Waals surface area contributed by atoms with Crippen LogP contribution in [0.25, 0.3) is 0 Å². The van der Waals surface area contributed by atoms with E-state index in [0.29, 0.717) is 11.8 Å². The molecule has 0 aliphatic carbocycles. The third-order valence-corrected chi connectivity index (χ3v) is 4.98. The lowest BCUT2D eigenvalue weighted by atomic mass is 10.0. The minimum Gasteiger partial charge on any atom is -0.466 e. The Hall–Kier alpha value is -1.65. The second-order valence-corrected chi connectivity index (χ2v) is 7.46. The van der Waals surface area contributed by atoms with Crippen molar-refractivity contribution >= 4 is 29.9 Å². The number of aliphatic imine (C=N–C) groups is 1. The number of aromatic nitrogens is 1. The van der Waals surface area contributed by atoms with Crippen LogP contribution < -0.4 is 10.6 Å². The van der Waals surface area contributed by atoms with Crippen LogP contribution in [-0.2, 0) is 12.1 Å². The summed E-state index contributed by atoms with van der Waals surface area (Å²) in [7, 11) is 0. The van der Waals surface area contributed by atoms with Crippen molar-refractivity contribution in [3.05, 3.63) is 54.2 Å². The molecule has 0 spiro atoms. The molecule has 3 N–H and O–H groups in total. The van der Waals surface area contributed by atoms with E-state index in [9.17, 15) is 5.11 Å². The number of rotatable bonds is 7. The van der Waals surface area contributed by atoms with Crippen molar-refractivity contribution in [3.63, 3.8) is 0 Å². The summed E-state index contributed by atoms with van der Waals surface area (Å²) >= 11 is 0. The Labute approximate surface area is 190 Å². The van der Waals surface area contributed by atoms with E-state index in [2.05, 4.69) is 31.6 Å². The van der Waals surface area contributed by atoms with Gasteiger partial charge in [-0.15, -0.1) is 24.0 Å². The largest absolute Gasteiger partial charge is 0.466 e. The molecule has 29 heavy (non-hydrogen) atoms. The maximum Gasteiger partial charge on any atom is 0.191 e. The van der Waals surface area contributed by atoms with E-state index >= 15 is 0 Å². The third-order valence-electron chi connectivity index (χ3n) is 4.98. The number of hydrogen-bond acceptors (Lipinski definition) is 5. The summed E-state index contributed by atoms with van der Waals surface area (Å²) in [6, 6.07) is 9.97. The predicted molar refractivity (Wildman–Crippen MR) is 125 cm³/mol. The molecule has 160 valence electrons. The van der Waals surface area contributed by atoms with Crippen molar-refractivity contribution in [2.45, 2.75) is 44.9 Å². The average Bonchev–Trinajstić information content (AvgIpc) is 3.25. The Morgan fingerprint density at radius 2 is 2.10 bits per heavy atom. The van der Waals surface area contributed by atoms with Crippen LogP contribution in [-0.4, -0.2) is 53.2 Å². The van der Waals surface area contributed by atoms with Crippen LogP contribution in [0.3, 0.4) is 0 Å². The van der Waals surface area contributed by atoms with Gasteiger partial charge in [0.25, 0.3) is 0 Å². The summed E-state index contributed by atoms with van der Waals surface area (Å²) in [6.45, 7) is 7.71. The highest BCUT2D eigenvalue weighted by atomic mass is 127. The number of nitrogens with zero attached hydrogens (tertiary/aromatic N) is 3. The third kappa shape index (κ3) is 7.27. The number of hydrogen-bond donors (Lipinski definition) is 3. The molecule has 0 aromatic carbocycles. The highest BCUT2D eigenvalue weighted by Crippen LogP contribution is 2.21. The van der Waals surface area contributed by atoms with Crippen molar-refractivity contribution in [2.24, 2.45) is 4.99 Å². The number of guanidine groups is 1. The van der Waals surface area contributed by atoms with E-state index < -0.39 is 5.60 Å². The summed E-state index contributed by atoms with van der Waals surface area (Å²) in [6.07, 6.45) is 5.51. The van der Waals surface area contributed by atoms with E-state index in [1.807, 2.05) is 25.3 Å². The Balaban J connectivity index is 0.00000300. The normalized spacial score (nSPS) is 18.0. The van der Waals surface area contributed by atoms with Gasteiger partial charge in [0, 0.05) is 38.4 Å². The summed E-state index contributed by atoms with van der Waals surface area (Å²) in [5, 5.41) is 17.4. The zero-order valence-corrected chi connectivity index (χ0v) is 19.5. The maximum absolute atomic E-state index is 10.6. The Morgan fingerprint density at radius 3 is 2.72 bits per heavy atom. The van der Waals surface area contributed by atoms with Crippen LogP contribution >= 0.6 is 24.0 Å². The number of halogens is 1. The Morgan fingerprint density at radius 1 is 1.31 bits per heavy atom. The van der Waals surface area contributed by atoms with Gasteiger partial charge in [-0.3, -0.25) is 9.88 Å². The summed E-state index contributed by atoms with van der Waals surface area (Å²) < 4.78 is 5.33. The van der Waals surface area contributed by atoms with Gasteiger partial charge in [-0.25, -0.2) is 4.99 Å². The number of furan rings is 1. The smallest absolute Gasteiger partial charge is 0.191 e. The molecule has 0 radical (unpaired) electrons. The van der Waals surface area contributed by atoms with E-state index in [-0.39, 0.29) is 30.5 Å². The fraction of sp³-hybridized carbons (Fsp3) is 0.524. The van der Waals surface area contributed by atoms with Crippen LogP contribution in [0.4, 0.5) is 0 Å². The summed E-state index contributed by atoms with van der Waals surface area (Å²) in [4.78, 5) is 11.4. The molecule has 3 rings (SSSR count). The zero-order valence-electron chi connectivity index (χ0n) is 17.2. The van der Waals surface area contributed by atoms with Crippen LogP contribution in [0.5, 0.6) is 0 Å². The Bertz CT molecular complexity index is 729. The van der Waals surface area contributed by atoms with Crippen molar-refractivity contribution in [2.75, 3.05) is 26.2 Å². The first kappa shape index (κ1) is 23.6. The van der Waals surface area contributed by atoms with Crippen molar-refractivity contribution < 1.29 is 9.52 Å². The first-order valence-corrected chi connectivity index (χ1v) is 10.0. The molecule has 1 fully saturated rings. The molecular formula is C21H32IN5O2. The number of nitrogens with one attached hydrogen (secondary N) is 2. The van der Waals surface area contributed by atoms with E-state index in [4.69, 9.17) is 4.42 Å². The SMILES string of the molecule is CCNC(=NCC(C)(O)c1ccco1)NC1CCN(Cc2ccccn2)CC1.I. The number of pyridine rings is 1. The van der Waals surface area contributed by atoms with Gasteiger partial charge in [0.15, 0.2) is 5.96 Å². The van der Waals surface area contributed by atoms with Crippen molar-refractivity contribution in [1.82, 2.24) is 20.5 Å². The molecule has 8 heteroatoms. The average molecular weight is 513 g/mol. The number of likely N-dealkylation sites (tertiary alicyclic amines) is 1. The lowest BCUT2D eigenvalue weighted by Crippen LogP contribution is -2.49. The monoisotopic (exact) mass is 513 g/mol. The van der Waals surface area contributed by atoms with Gasteiger partial charge in [-0.05, 0) is 51.0 Å². The van der Waals surface area contributed by atoms with Gasteiger partial charge >= 0.3 is 0 Å². The van der Waals surface area contributed by atoms with E-state index in [0.717, 1.165) is 50.7 Å². The maximum atomic E-state index is 10.6. The minimum atomic E-state index is -1.13. The fourth-order valence-electron chi connectivity index (χ4n) is 3.37. The molecule has 0 amide bonds. The van der Waals surface area contributed by atoms with Crippen molar-refractivity contribution in [1.29, 1.82) is 0 Å². The second-order valence-electron chi connectivity index (χ2n) is 7.46. The minimum absolute atomic E-state index is 0. The van der Waals surface area contributed by atoms with Gasteiger partial charge in [0.1, 0.15) is 11.4 Å². The van der Waals surface area contributed by atoms with Gasteiger partial charge in [-0.2, -0.15) is 0 Å². The van der Waals surface area contributed by atoms with E-state index in [1.165, 1.54) is 0 Å². The van der Waals surface area contributed by atoms with Crippen LogP contribution in [0.2, 0.25) is 0 Å². The molecule has 2 aromatic heterocycles. The van der Waals surface area contributed by atoms with Gasteiger partial charge in [-0.1, -0.05) is 6.07 Å². The molecule has 1 saturated heterocycles.